The second-order valence-electron chi connectivity index (χ2n) is 5.32. The number of alkyl halides is 3. The number of carbonyl (C=O) groups excluding carboxylic acids is 2. The molecule has 5 nitrogen and oxygen atoms in total. The number of anilines is 1. The Morgan fingerprint density at radius 2 is 1.95 bits per heavy atom. The summed E-state index contributed by atoms with van der Waals surface area (Å²) in [5.41, 5.74) is 1.92. The van der Waals surface area contributed by atoms with Gasteiger partial charge in [0.1, 0.15) is 5.82 Å². The average molecular weight is 311 g/mol. The molecule has 1 fully saturated rings. The molecule has 22 heavy (non-hydrogen) atoms. The fraction of sp³-hybridized carbons (Fsp3) is 0.357. The minimum absolute atomic E-state index is 0.0405. The van der Waals surface area contributed by atoms with E-state index < -0.39 is 23.6 Å². The molecule has 2 amide bonds. The zero-order chi connectivity index (χ0) is 16.1. The lowest BCUT2D eigenvalue weighted by Crippen LogP contribution is -2.36. The Kier molecular flexibility index (Phi) is 3.19. The number of rotatable bonds is 3. The Labute approximate surface area is 123 Å². The molecular formula is C14H12F3N3O2. The molecule has 0 bridgehead atoms. The minimum Gasteiger partial charge on any atom is -0.271 e. The molecule has 1 aromatic rings. The van der Waals surface area contributed by atoms with Crippen molar-refractivity contribution >= 4 is 17.6 Å². The number of aromatic nitrogens is 1. The van der Waals surface area contributed by atoms with Gasteiger partial charge in [0, 0.05) is 17.6 Å². The first kappa shape index (κ1) is 14.6. The third-order valence-corrected chi connectivity index (χ3v) is 3.52. The summed E-state index contributed by atoms with van der Waals surface area (Å²) < 4.78 is 38.9. The van der Waals surface area contributed by atoms with Crippen molar-refractivity contribution in [1.29, 1.82) is 0 Å². The number of hydrogen-bond donors (Lipinski definition) is 1. The average Bonchev–Trinajstić information content (AvgIpc) is 3.23. The highest BCUT2D eigenvalue weighted by Crippen LogP contribution is 2.45. The van der Waals surface area contributed by atoms with Crippen molar-refractivity contribution < 1.29 is 22.8 Å². The molecule has 0 aromatic carbocycles. The van der Waals surface area contributed by atoms with E-state index in [-0.39, 0.29) is 23.0 Å². The summed E-state index contributed by atoms with van der Waals surface area (Å²) in [6, 6.07) is 2.04. The van der Waals surface area contributed by atoms with Crippen LogP contribution in [0.4, 0.5) is 19.0 Å². The maximum atomic E-state index is 13.0. The zero-order valence-electron chi connectivity index (χ0n) is 11.6. The molecule has 2 heterocycles. The van der Waals surface area contributed by atoms with Crippen LogP contribution in [0.15, 0.2) is 23.8 Å². The van der Waals surface area contributed by atoms with Crippen molar-refractivity contribution in [1.82, 2.24) is 9.99 Å². The number of amides is 2. The van der Waals surface area contributed by atoms with Crippen LogP contribution < -0.4 is 5.43 Å². The summed E-state index contributed by atoms with van der Waals surface area (Å²) in [6.45, 7) is 1.48. The molecule has 1 aliphatic carbocycles. The van der Waals surface area contributed by atoms with E-state index in [1.54, 1.807) is 0 Å². The van der Waals surface area contributed by atoms with Crippen LogP contribution >= 0.6 is 0 Å². The highest BCUT2D eigenvalue weighted by atomic mass is 19.4. The summed E-state index contributed by atoms with van der Waals surface area (Å²) in [6.07, 6.45) is -2.01. The molecule has 1 aromatic heterocycles. The van der Waals surface area contributed by atoms with E-state index in [2.05, 4.69) is 10.4 Å². The first-order chi connectivity index (χ1) is 10.3. The van der Waals surface area contributed by atoms with E-state index in [1.807, 2.05) is 0 Å². The summed E-state index contributed by atoms with van der Waals surface area (Å²) in [5, 5.41) is 0.738. The molecule has 2 aliphatic rings. The lowest BCUT2D eigenvalue weighted by Gasteiger charge is -2.18. The fourth-order valence-corrected chi connectivity index (χ4v) is 2.25. The number of halogens is 3. The van der Waals surface area contributed by atoms with Crippen LogP contribution in [0.25, 0.3) is 0 Å². The maximum Gasteiger partial charge on any atom is 0.418 e. The number of pyridine rings is 1. The van der Waals surface area contributed by atoms with Crippen LogP contribution in [-0.2, 0) is 15.8 Å². The molecular weight excluding hydrogens is 299 g/mol. The van der Waals surface area contributed by atoms with Crippen LogP contribution in [0.5, 0.6) is 0 Å². The van der Waals surface area contributed by atoms with Crippen LogP contribution in [0.2, 0.25) is 0 Å². The monoisotopic (exact) mass is 311 g/mol. The van der Waals surface area contributed by atoms with E-state index in [0.717, 1.165) is 23.2 Å². The molecule has 0 saturated heterocycles. The Morgan fingerprint density at radius 1 is 1.27 bits per heavy atom. The molecule has 1 N–H and O–H groups in total. The third kappa shape index (κ3) is 2.56. The van der Waals surface area contributed by atoms with Crippen molar-refractivity contribution in [2.75, 3.05) is 5.43 Å². The standard InChI is InChI=1S/C14H12F3N3O2/c1-7-6-11(21)20(13(7)22)19-10-5-4-9(14(15,16)17)12(18-10)8-2-3-8/h4-6,8H,2-3H2,1H3,(H,18,19). The summed E-state index contributed by atoms with van der Waals surface area (Å²) >= 11 is 0. The molecule has 1 saturated carbocycles. The highest BCUT2D eigenvalue weighted by Gasteiger charge is 2.39. The van der Waals surface area contributed by atoms with Gasteiger partial charge >= 0.3 is 6.18 Å². The van der Waals surface area contributed by atoms with E-state index in [0.29, 0.717) is 12.8 Å². The van der Waals surface area contributed by atoms with Gasteiger partial charge in [-0.25, -0.2) is 4.98 Å². The number of imide groups is 1. The number of nitrogens with one attached hydrogen (secondary N) is 1. The lowest BCUT2D eigenvalue weighted by atomic mass is 10.1. The van der Waals surface area contributed by atoms with E-state index in [4.69, 9.17) is 0 Å². The largest absolute Gasteiger partial charge is 0.418 e. The predicted molar refractivity (Wildman–Crippen MR) is 70.4 cm³/mol. The lowest BCUT2D eigenvalue weighted by molar-refractivity contribution is -0.139. The summed E-state index contributed by atoms with van der Waals surface area (Å²) in [7, 11) is 0. The Bertz CT molecular complexity index is 693. The van der Waals surface area contributed by atoms with Gasteiger partial charge in [-0.3, -0.25) is 15.0 Å². The SMILES string of the molecule is CC1=CC(=O)N(Nc2ccc(C(F)(F)F)c(C3CC3)n2)C1=O. The molecule has 116 valence electrons. The summed E-state index contributed by atoms with van der Waals surface area (Å²) in [4.78, 5) is 27.3. The van der Waals surface area contributed by atoms with Crippen molar-refractivity contribution in [2.45, 2.75) is 31.9 Å². The second-order valence-corrected chi connectivity index (χ2v) is 5.32. The van der Waals surface area contributed by atoms with Gasteiger partial charge in [0.2, 0.25) is 0 Å². The van der Waals surface area contributed by atoms with Gasteiger partial charge in [-0.1, -0.05) is 0 Å². The molecule has 8 heteroatoms. The first-order valence-electron chi connectivity index (χ1n) is 6.69. The Hall–Kier alpha value is -2.38. The molecule has 0 spiro atoms. The van der Waals surface area contributed by atoms with Crippen molar-refractivity contribution in [2.24, 2.45) is 0 Å². The van der Waals surface area contributed by atoms with E-state index in [1.165, 1.54) is 6.92 Å². The molecule has 3 rings (SSSR count). The van der Waals surface area contributed by atoms with Crippen LogP contribution in [0.1, 0.15) is 36.9 Å². The van der Waals surface area contributed by atoms with Crippen LogP contribution in [0.3, 0.4) is 0 Å². The molecule has 1 aliphatic heterocycles. The molecule has 0 atom stereocenters. The number of nitrogens with zero attached hydrogens (tertiary/aromatic N) is 2. The third-order valence-electron chi connectivity index (χ3n) is 3.52. The second kappa shape index (κ2) is 4.82. The highest BCUT2D eigenvalue weighted by molar-refractivity contribution is 6.16. The number of hydrazine groups is 1. The topological polar surface area (TPSA) is 62.3 Å². The van der Waals surface area contributed by atoms with E-state index in [9.17, 15) is 22.8 Å². The first-order valence-corrected chi connectivity index (χ1v) is 6.69. The van der Waals surface area contributed by atoms with E-state index >= 15 is 0 Å². The number of carbonyl (C=O) groups is 2. The van der Waals surface area contributed by atoms with Crippen LogP contribution in [-0.4, -0.2) is 21.8 Å². The molecule has 0 radical (unpaired) electrons. The fourth-order valence-electron chi connectivity index (χ4n) is 2.25. The zero-order valence-corrected chi connectivity index (χ0v) is 11.6. The van der Waals surface area contributed by atoms with Gasteiger partial charge in [0.25, 0.3) is 11.8 Å². The Balaban J connectivity index is 1.89. The normalized spacial score (nSPS) is 18.7. The van der Waals surface area contributed by atoms with Gasteiger partial charge in [0.05, 0.1) is 11.3 Å². The quantitative estimate of drug-likeness (QED) is 0.872. The van der Waals surface area contributed by atoms with Gasteiger partial charge in [-0.05, 0) is 31.9 Å². The van der Waals surface area contributed by atoms with Crippen molar-refractivity contribution in [3.63, 3.8) is 0 Å². The predicted octanol–water partition coefficient (Wildman–Crippen LogP) is 2.62. The van der Waals surface area contributed by atoms with Crippen molar-refractivity contribution in [3.05, 3.63) is 35.0 Å². The maximum absolute atomic E-state index is 13.0. The number of hydrogen-bond acceptors (Lipinski definition) is 4. The molecule has 0 unspecified atom stereocenters. The van der Waals surface area contributed by atoms with Gasteiger partial charge in [0.15, 0.2) is 0 Å². The van der Waals surface area contributed by atoms with Gasteiger partial charge in [-0.2, -0.15) is 18.2 Å². The summed E-state index contributed by atoms with van der Waals surface area (Å²) in [5.74, 6) is -1.29. The minimum atomic E-state index is -4.47. The van der Waals surface area contributed by atoms with Crippen molar-refractivity contribution in [3.8, 4) is 0 Å². The Morgan fingerprint density at radius 3 is 2.45 bits per heavy atom. The smallest absolute Gasteiger partial charge is 0.271 e. The van der Waals surface area contributed by atoms with Gasteiger partial charge in [-0.15, -0.1) is 0 Å². The van der Waals surface area contributed by atoms with Gasteiger partial charge < -0.3 is 0 Å². The van der Waals surface area contributed by atoms with Crippen LogP contribution in [0, 0.1) is 0 Å².